The SMILES string of the molecule is O=P(O)(O)C(O)[C@H](O)[C@H](O)[C@H](O)[C@@H](O)CO. The van der Waals surface area contributed by atoms with Crippen molar-refractivity contribution in [1.29, 1.82) is 0 Å². The summed E-state index contributed by atoms with van der Waals surface area (Å²) in [5, 5.41) is 53.5. The zero-order valence-electron chi connectivity index (χ0n) is 8.03. The zero-order valence-corrected chi connectivity index (χ0v) is 8.92. The molecule has 16 heavy (non-hydrogen) atoms. The fourth-order valence-corrected chi connectivity index (χ4v) is 1.49. The Kier molecular flexibility index (Phi) is 5.98. The minimum atomic E-state index is -5.05. The number of hydrogen-bond donors (Lipinski definition) is 8. The van der Waals surface area contributed by atoms with Gasteiger partial charge in [0.25, 0.3) is 0 Å². The lowest BCUT2D eigenvalue weighted by atomic mass is 10.0. The first-order chi connectivity index (χ1) is 7.12. The van der Waals surface area contributed by atoms with Gasteiger partial charge in [-0.15, -0.1) is 0 Å². The molecule has 5 atom stereocenters. The van der Waals surface area contributed by atoms with Crippen LogP contribution in [0.2, 0.25) is 0 Å². The lowest BCUT2D eigenvalue weighted by molar-refractivity contribution is -0.131. The molecule has 0 radical (unpaired) electrons. The van der Waals surface area contributed by atoms with Gasteiger partial charge in [0.15, 0.2) is 5.85 Å². The van der Waals surface area contributed by atoms with Crippen LogP contribution >= 0.6 is 7.60 Å². The van der Waals surface area contributed by atoms with Gasteiger partial charge in [0.1, 0.15) is 24.4 Å². The number of aliphatic hydroxyl groups excluding tert-OH is 6. The van der Waals surface area contributed by atoms with Crippen LogP contribution in [0.1, 0.15) is 0 Å². The smallest absolute Gasteiger partial charge is 0.356 e. The van der Waals surface area contributed by atoms with Crippen molar-refractivity contribution in [2.75, 3.05) is 6.61 Å². The van der Waals surface area contributed by atoms with Crippen molar-refractivity contribution in [3.8, 4) is 0 Å². The third-order valence-electron chi connectivity index (χ3n) is 1.93. The van der Waals surface area contributed by atoms with Gasteiger partial charge in [-0.1, -0.05) is 0 Å². The lowest BCUT2D eigenvalue weighted by Crippen LogP contribution is -2.49. The van der Waals surface area contributed by atoms with E-state index in [-0.39, 0.29) is 0 Å². The first-order valence-corrected chi connectivity index (χ1v) is 5.87. The summed E-state index contributed by atoms with van der Waals surface area (Å²) in [7, 11) is -5.05. The highest BCUT2D eigenvalue weighted by atomic mass is 31.2. The van der Waals surface area contributed by atoms with Crippen molar-refractivity contribution in [2.24, 2.45) is 0 Å². The van der Waals surface area contributed by atoms with Gasteiger partial charge in [0, 0.05) is 0 Å². The Hall–Kier alpha value is -0.0900. The number of hydrogen-bond acceptors (Lipinski definition) is 7. The predicted octanol–water partition coefficient (Wildman–Crippen LogP) is -4.08. The second-order valence-corrected chi connectivity index (χ2v) is 4.93. The van der Waals surface area contributed by atoms with Crippen LogP contribution in [0.5, 0.6) is 0 Å². The Morgan fingerprint density at radius 2 is 1.31 bits per heavy atom. The summed E-state index contributed by atoms with van der Waals surface area (Å²) in [6.45, 7) is -0.934. The summed E-state index contributed by atoms with van der Waals surface area (Å²) in [5.41, 5.74) is 0. The summed E-state index contributed by atoms with van der Waals surface area (Å²) in [6.07, 6.45) is -8.45. The summed E-state index contributed by atoms with van der Waals surface area (Å²) in [4.78, 5) is 17.0. The molecular weight excluding hydrogens is 247 g/mol. The molecule has 0 heterocycles. The van der Waals surface area contributed by atoms with Gasteiger partial charge < -0.3 is 40.4 Å². The molecule has 0 aliphatic carbocycles. The van der Waals surface area contributed by atoms with E-state index in [1.165, 1.54) is 0 Å². The minimum absolute atomic E-state index is 0.934. The third kappa shape index (κ3) is 4.06. The summed E-state index contributed by atoms with van der Waals surface area (Å²) < 4.78 is 10.5. The van der Waals surface area contributed by atoms with Crippen LogP contribution < -0.4 is 0 Å². The molecule has 0 aromatic heterocycles. The van der Waals surface area contributed by atoms with Crippen molar-refractivity contribution < 1.29 is 45.0 Å². The van der Waals surface area contributed by atoms with Crippen molar-refractivity contribution in [3.63, 3.8) is 0 Å². The van der Waals surface area contributed by atoms with Gasteiger partial charge >= 0.3 is 7.60 Å². The molecule has 0 fully saturated rings. The van der Waals surface area contributed by atoms with E-state index in [1.807, 2.05) is 0 Å². The molecule has 0 rings (SSSR count). The van der Waals surface area contributed by atoms with Gasteiger partial charge in [-0.25, -0.2) is 0 Å². The Bertz CT molecular complexity index is 252. The Morgan fingerprint density at radius 1 is 0.875 bits per heavy atom. The fraction of sp³-hybridized carbons (Fsp3) is 1.00. The highest BCUT2D eigenvalue weighted by Crippen LogP contribution is 2.42. The number of rotatable bonds is 6. The van der Waals surface area contributed by atoms with Crippen LogP contribution in [0.15, 0.2) is 0 Å². The first-order valence-electron chi connectivity index (χ1n) is 4.19. The quantitative estimate of drug-likeness (QED) is 0.221. The van der Waals surface area contributed by atoms with E-state index >= 15 is 0 Å². The molecule has 0 aromatic carbocycles. The maximum atomic E-state index is 10.5. The topological polar surface area (TPSA) is 179 Å². The van der Waals surface area contributed by atoms with E-state index in [1.54, 1.807) is 0 Å². The Labute approximate surface area is 90.4 Å². The molecule has 0 saturated heterocycles. The molecule has 0 aliphatic rings. The van der Waals surface area contributed by atoms with Crippen LogP contribution in [0.3, 0.4) is 0 Å². The first kappa shape index (κ1) is 15.9. The highest BCUT2D eigenvalue weighted by molar-refractivity contribution is 7.52. The fourth-order valence-electron chi connectivity index (χ4n) is 0.913. The number of aliphatic hydroxyl groups is 6. The lowest BCUT2D eigenvalue weighted by Gasteiger charge is -2.28. The largest absolute Gasteiger partial charge is 0.394 e. The van der Waals surface area contributed by atoms with Crippen LogP contribution in [0.4, 0.5) is 0 Å². The molecule has 1 unspecified atom stereocenters. The summed E-state index contributed by atoms with van der Waals surface area (Å²) >= 11 is 0. The van der Waals surface area contributed by atoms with Crippen LogP contribution in [-0.4, -0.2) is 77.3 Å². The van der Waals surface area contributed by atoms with E-state index < -0.39 is 44.5 Å². The molecule has 0 amide bonds. The maximum absolute atomic E-state index is 10.5. The molecule has 8 N–H and O–H groups in total. The van der Waals surface area contributed by atoms with E-state index in [9.17, 15) is 4.57 Å². The van der Waals surface area contributed by atoms with E-state index in [0.29, 0.717) is 0 Å². The van der Waals surface area contributed by atoms with Crippen molar-refractivity contribution >= 4 is 7.60 Å². The van der Waals surface area contributed by atoms with Gasteiger partial charge in [-0.2, -0.15) is 0 Å². The maximum Gasteiger partial charge on any atom is 0.356 e. The predicted molar refractivity (Wildman–Crippen MR) is 49.2 cm³/mol. The highest BCUT2D eigenvalue weighted by Gasteiger charge is 2.41. The average molecular weight is 262 g/mol. The van der Waals surface area contributed by atoms with Crippen LogP contribution in [0, 0.1) is 0 Å². The molecule has 0 spiro atoms. The van der Waals surface area contributed by atoms with E-state index in [4.69, 9.17) is 40.4 Å². The zero-order chi connectivity index (χ0) is 13.1. The minimum Gasteiger partial charge on any atom is -0.394 e. The Morgan fingerprint density at radius 3 is 1.62 bits per heavy atom. The Balaban J connectivity index is 4.61. The van der Waals surface area contributed by atoms with Gasteiger partial charge in [0.05, 0.1) is 6.61 Å². The molecule has 0 saturated carbocycles. The standard InChI is InChI=1S/C6H15O9P/c7-1-2(8)3(9)4(10)5(11)6(12)16(13,14)15/h2-12H,1H2,(H2,13,14,15)/t2-,3+,4+,5+,6?/m0/s1. The van der Waals surface area contributed by atoms with Gasteiger partial charge in [-0.3, -0.25) is 4.57 Å². The van der Waals surface area contributed by atoms with Crippen molar-refractivity contribution in [1.82, 2.24) is 0 Å². The van der Waals surface area contributed by atoms with E-state index in [2.05, 4.69) is 0 Å². The molecular formula is C6H15O9P. The van der Waals surface area contributed by atoms with Crippen molar-refractivity contribution in [2.45, 2.75) is 30.3 Å². The third-order valence-corrected chi connectivity index (χ3v) is 2.93. The molecule has 0 aliphatic heterocycles. The molecule has 0 aromatic rings. The second kappa shape index (κ2) is 6.01. The summed E-state index contributed by atoms with van der Waals surface area (Å²) in [6, 6.07) is 0. The molecule has 9 nitrogen and oxygen atoms in total. The molecule has 98 valence electrons. The van der Waals surface area contributed by atoms with Gasteiger partial charge in [-0.05, 0) is 0 Å². The van der Waals surface area contributed by atoms with Crippen LogP contribution in [0.25, 0.3) is 0 Å². The van der Waals surface area contributed by atoms with E-state index in [0.717, 1.165) is 0 Å². The van der Waals surface area contributed by atoms with Gasteiger partial charge in [0.2, 0.25) is 0 Å². The summed E-state index contributed by atoms with van der Waals surface area (Å²) in [5.74, 6) is -2.59. The molecule has 0 bridgehead atoms. The second-order valence-electron chi connectivity index (χ2n) is 3.22. The van der Waals surface area contributed by atoms with Crippen LogP contribution in [-0.2, 0) is 4.57 Å². The van der Waals surface area contributed by atoms with Crippen molar-refractivity contribution in [3.05, 3.63) is 0 Å². The normalized spacial score (nSPS) is 22.2. The molecule has 10 heteroatoms. The average Bonchev–Trinajstić information content (AvgIpc) is 2.22. The monoisotopic (exact) mass is 262 g/mol.